The summed E-state index contributed by atoms with van der Waals surface area (Å²) in [5.74, 6) is 0.300. The summed E-state index contributed by atoms with van der Waals surface area (Å²) >= 11 is 0. The average Bonchev–Trinajstić information content (AvgIpc) is 3.22. The van der Waals surface area contributed by atoms with Crippen LogP contribution < -0.4 is 10.1 Å². The van der Waals surface area contributed by atoms with Crippen molar-refractivity contribution in [3.05, 3.63) is 47.3 Å². The molecule has 0 bridgehead atoms. The maximum Gasteiger partial charge on any atom is 0.408 e. The lowest BCUT2D eigenvalue weighted by Crippen LogP contribution is -2.35. The van der Waals surface area contributed by atoms with Crippen LogP contribution >= 0.6 is 0 Å². The van der Waals surface area contributed by atoms with Gasteiger partial charge in [-0.25, -0.2) is 0 Å². The summed E-state index contributed by atoms with van der Waals surface area (Å²) in [4.78, 5) is 12.5. The fourth-order valence-corrected chi connectivity index (χ4v) is 2.81. The Labute approximate surface area is 142 Å². The first-order valence-electron chi connectivity index (χ1n) is 7.80. The minimum atomic E-state index is -4.38. The molecule has 0 unspecified atom stereocenters. The Bertz CT molecular complexity index is 777. The minimum absolute atomic E-state index is 0.157. The zero-order valence-corrected chi connectivity index (χ0v) is 13.9. The van der Waals surface area contributed by atoms with E-state index in [1.807, 2.05) is 24.3 Å². The van der Waals surface area contributed by atoms with Crippen LogP contribution in [0.15, 0.2) is 30.5 Å². The molecule has 2 aromatic rings. The highest BCUT2D eigenvalue weighted by atomic mass is 19.4. The molecule has 5 nitrogen and oxygen atoms in total. The lowest BCUT2D eigenvalue weighted by atomic mass is 10.0. The van der Waals surface area contributed by atoms with Gasteiger partial charge in [0.05, 0.1) is 23.9 Å². The number of nitrogens with one attached hydrogen (secondary N) is 1. The number of carbonyl (C=O) groups is 1. The van der Waals surface area contributed by atoms with Gasteiger partial charge in [-0.05, 0) is 37.5 Å². The van der Waals surface area contributed by atoms with E-state index in [1.165, 1.54) is 6.92 Å². The lowest BCUT2D eigenvalue weighted by Gasteiger charge is -2.18. The molecule has 0 aliphatic heterocycles. The third-order valence-corrected chi connectivity index (χ3v) is 4.28. The van der Waals surface area contributed by atoms with E-state index in [4.69, 9.17) is 4.74 Å². The Hall–Kier alpha value is -2.51. The number of methoxy groups -OCH3 is 1. The van der Waals surface area contributed by atoms with Gasteiger partial charge in [0.2, 0.25) is 0 Å². The molecule has 1 aromatic heterocycles. The van der Waals surface area contributed by atoms with E-state index in [0.29, 0.717) is 0 Å². The number of ether oxygens (including phenoxy) is 1. The number of alkyl halides is 3. The number of benzene rings is 1. The second kappa shape index (κ2) is 6.09. The zero-order valence-electron chi connectivity index (χ0n) is 13.9. The highest BCUT2D eigenvalue weighted by Crippen LogP contribution is 2.46. The van der Waals surface area contributed by atoms with Gasteiger partial charge in [-0.1, -0.05) is 12.1 Å². The van der Waals surface area contributed by atoms with E-state index in [0.717, 1.165) is 35.0 Å². The van der Waals surface area contributed by atoms with Gasteiger partial charge in [0, 0.05) is 6.20 Å². The largest absolute Gasteiger partial charge is 0.497 e. The molecule has 0 radical (unpaired) electrons. The van der Waals surface area contributed by atoms with E-state index < -0.39 is 24.2 Å². The fourth-order valence-electron chi connectivity index (χ4n) is 2.81. The Balaban J connectivity index is 1.75. The van der Waals surface area contributed by atoms with Gasteiger partial charge in [0.1, 0.15) is 12.3 Å². The highest BCUT2D eigenvalue weighted by molar-refractivity contribution is 5.95. The van der Waals surface area contributed by atoms with Crippen molar-refractivity contribution in [2.45, 2.75) is 38.0 Å². The van der Waals surface area contributed by atoms with Crippen LogP contribution in [0.25, 0.3) is 0 Å². The molecule has 8 heteroatoms. The third kappa shape index (κ3) is 3.78. The van der Waals surface area contributed by atoms with Gasteiger partial charge in [0.15, 0.2) is 0 Å². The van der Waals surface area contributed by atoms with Gasteiger partial charge in [-0.3, -0.25) is 9.48 Å². The van der Waals surface area contributed by atoms with Crippen molar-refractivity contribution in [1.29, 1.82) is 0 Å². The predicted octanol–water partition coefficient (Wildman–Crippen LogP) is 3.18. The molecule has 1 amide bonds. The lowest BCUT2D eigenvalue weighted by molar-refractivity contribution is -0.142. The number of aryl methyl sites for hydroxylation is 1. The van der Waals surface area contributed by atoms with Gasteiger partial charge in [0.25, 0.3) is 5.91 Å². The topological polar surface area (TPSA) is 56.1 Å². The quantitative estimate of drug-likeness (QED) is 0.898. The van der Waals surface area contributed by atoms with Crippen LogP contribution in [0, 0.1) is 6.92 Å². The van der Waals surface area contributed by atoms with Gasteiger partial charge in [-0.2, -0.15) is 18.3 Å². The van der Waals surface area contributed by atoms with E-state index in [-0.39, 0.29) is 11.3 Å². The second-order valence-corrected chi connectivity index (χ2v) is 6.21. The number of hydrogen-bond donors (Lipinski definition) is 1. The molecule has 1 N–H and O–H groups in total. The maximum absolute atomic E-state index is 12.5. The third-order valence-electron chi connectivity index (χ3n) is 4.28. The van der Waals surface area contributed by atoms with Gasteiger partial charge >= 0.3 is 6.18 Å². The van der Waals surface area contributed by atoms with Crippen molar-refractivity contribution in [2.75, 3.05) is 7.11 Å². The Morgan fingerprint density at radius 3 is 2.48 bits per heavy atom. The van der Waals surface area contributed by atoms with Crippen molar-refractivity contribution >= 4 is 5.91 Å². The fraction of sp³-hybridized carbons (Fsp3) is 0.412. The first-order valence-corrected chi connectivity index (χ1v) is 7.80. The van der Waals surface area contributed by atoms with Crippen molar-refractivity contribution in [2.24, 2.45) is 0 Å². The number of hydrogen-bond acceptors (Lipinski definition) is 3. The van der Waals surface area contributed by atoms with Crippen LogP contribution in [0.4, 0.5) is 13.2 Å². The summed E-state index contributed by atoms with van der Waals surface area (Å²) in [6.45, 7) is 0.305. The van der Waals surface area contributed by atoms with E-state index >= 15 is 0 Å². The van der Waals surface area contributed by atoms with Gasteiger partial charge < -0.3 is 10.1 Å². The van der Waals surface area contributed by atoms with Crippen LogP contribution in [0.2, 0.25) is 0 Å². The number of nitrogens with zero attached hydrogens (tertiary/aromatic N) is 2. The van der Waals surface area contributed by atoms with Crippen LogP contribution in [-0.2, 0) is 12.1 Å². The van der Waals surface area contributed by atoms with E-state index in [2.05, 4.69) is 10.4 Å². The summed E-state index contributed by atoms with van der Waals surface area (Å²) in [6.07, 6.45) is -1.68. The van der Waals surface area contributed by atoms with Gasteiger partial charge in [-0.15, -0.1) is 0 Å². The maximum atomic E-state index is 12.5. The molecular formula is C17H18F3N3O2. The minimum Gasteiger partial charge on any atom is -0.497 e. The average molecular weight is 353 g/mol. The summed E-state index contributed by atoms with van der Waals surface area (Å²) in [7, 11) is 1.57. The molecule has 0 saturated heterocycles. The molecule has 1 aliphatic rings. The Kier molecular flexibility index (Phi) is 4.22. The molecule has 134 valence electrons. The number of halogens is 3. The van der Waals surface area contributed by atoms with Crippen LogP contribution in [0.3, 0.4) is 0 Å². The molecule has 3 rings (SSSR count). The standard InChI is InChI=1S/C17H18F3N3O2/c1-11-14(9-23(22-11)10-17(18,19)20)15(24)21-16(7-8-16)12-3-5-13(25-2)6-4-12/h3-6,9H,7-8,10H2,1-2H3,(H,21,24). The second-order valence-electron chi connectivity index (χ2n) is 6.21. The SMILES string of the molecule is COc1ccc(C2(NC(=O)c3cn(CC(F)(F)F)nc3C)CC2)cc1. The summed E-state index contributed by atoms with van der Waals surface area (Å²) in [6, 6.07) is 7.39. The van der Waals surface area contributed by atoms with Crippen LogP contribution in [0.1, 0.15) is 34.5 Å². The molecule has 1 heterocycles. The highest BCUT2D eigenvalue weighted by Gasteiger charge is 2.46. The van der Waals surface area contributed by atoms with E-state index in [9.17, 15) is 18.0 Å². The van der Waals surface area contributed by atoms with Crippen LogP contribution in [0.5, 0.6) is 5.75 Å². The molecule has 1 aliphatic carbocycles. The summed E-state index contributed by atoms with van der Waals surface area (Å²) in [5, 5.41) is 6.72. The number of carbonyl (C=O) groups excluding carboxylic acids is 1. The van der Waals surface area contributed by atoms with Crippen LogP contribution in [-0.4, -0.2) is 29.0 Å². The Morgan fingerprint density at radius 1 is 1.32 bits per heavy atom. The number of rotatable bonds is 5. The smallest absolute Gasteiger partial charge is 0.408 e. The Morgan fingerprint density at radius 2 is 1.96 bits per heavy atom. The number of aromatic nitrogens is 2. The van der Waals surface area contributed by atoms with Crippen molar-refractivity contribution < 1.29 is 22.7 Å². The zero-order chi connectivity index (χ0) is 18.2. The van der Waals surface area contributed by atoms with E-state index in [1.54, 1.807) is 7.11 Å². The number of amides is 1. The normalized spacial score (nSPS) is 15.7. The molecule has 1 fully saturated rings. The molecular weight excluding hydrogens is 335 g/mol. The first kappa shape index (κ1) is 17.3. The van der Waals surface area contributed by atoms with Crippen molar-refractivity contribution in [1.82, 2.24) is 15.1 Å². The monoisotopic (exact) mass is 353 g/mol. The molecule has 0 spiro atoms. The molecule has 0 atom stereocenters. The predicted molar refractivity (Wildman–Crippen MR) is 84.4 cm³/mol. The summed E-state index contributed by atoms with van der Waals surface area (Å²) < 4.78 is 43.3. The van der Waals surface area contributed by atoms with Crippen molar-refractivity contribution in [3.63, 3.8) is 0 Å². The first-order chi connectivity index (χ1) is 11.7. The molecule has 1 saturated carbocycles. The summed E-state index contributed by atoms with van der Waals surface area (Å²) in [5.41, 5.74) is 0.903. The van der Waals surface area contributed by atoms with Crippen molar-refractivity contribution in [3.8, 4) is 5.75 Å². The molecule has 1 aromatic carbocycles. The molecule has 25 heavy (non-hydrogen) atoms.